The quantitative estimate of drug-likeness (QED) is 0.676. The maximum atomic E-state index is 11.2. The molecule has 0 aliphatic rings. The fourth-order valence-electron chi connectivity index (χ4n) is 1.29. The van der Waals surface area contributed by atoms with Crippen molar-refractivity contribution in [2.45, 2.75) is 0 Å². The van der Waals surface area contributed by atoms with E-state index in [9.17, 15) is 4.79 Å². The zero-order chi connectivity index (χ0) is 9.97. The van der Waals surface area contributed by atoms with Gasteiger partial charge in [-0.3, -0.25) is 4.79 Å². The molecule has 3 heteroatoms. The van der Waals surface area contributed by atoms with E-state index >= 15 is 0 Å². The van der Waals surface area contributed by atoms with Gasteiger partial charge in [0.05, 0.1) is 6.20 Å². The highest BCUT2D eigenvalue weighted by molar-refractivity contribution is 6.04. The van der Waals surface area contributed by atoms with Crippen LogP contribution in [0, 0.1) is 6.92 Å². The second kappa shape index (κ2) is 3.46. The topological polar surface area (TPSA) is 43.1 Å². The molecular weight excluding hydrogens is 178 g/mol. The standard InChI is InChI=1S/C11H8NO2/c1-8(13)9-4-2-3-5-10(9)11-6-12-7-14-11/h2-7H,1H2. The predicted molar refractivity (Wildman–Crippen MR) is 51.6 cm³/mol. The number of rotatable bonds is 2. The Morgan fingerprint density at radius 1 is 1.36 bits per heavy atom. The Kier molecular flexibility index (Phi) is 2.14. The number of oxazole rings is 1. The zero-order valence-corrected chi connectivity index (χ0v) is 7.43. The molecule has 0 amide bonds. The first-order valence-corrected chi connectivity index (χ1v) is 4.13. The number of aromatic nitrogens is 1. The van der Waals surface area contributed by atoms with Gasteiger partial charge in [0.25, 0.3) is 0 Å². The van der Waals surface area contributed by atoms with Gasteiger partial charge >= 0.3 is 0 Å². The third-order valence-corrected chi connectivity index (χ3v) is 1.93. The molecule has 0 fully saturated rings. The minimum absolute atomic E-state index is 0.225. The molecule has 0 aliphatic heterocycles. The second-order valence-corrected chi connectivity index (χ2v) is 2.83. The molecular formula is C11H8NO2. The number of hydrogen-bond donors (Lipinski definition) is 0. The van der Waals surface area contributed by atoms with Crippen LogP contribution in [0.3, 0.4) is 0 Å². The van der Waals surface area contributed by atoms with Gasteiger partial charge < -0.3 is 4.42 Å². The van der Waals surface area contributed by atoms with Gasteiger partial charge in [0.15, 0.2) is 17.9 Å². The van der Waals surface area contributed by atoms with Gasteiger partial charge in [-0.1, -0.05) is 24.3 Å². The SMILES string of the molecule is [CH2]C(=O)c1ccccc1-c1cnco1. The maximum Gasteiger partial charge on any atom is 0.181 e. The van der Waals surface area contributed by atoms with E-state index in [-0.39, 0.29) is 5.78 Å². The summed E-state index contributed by atoms with van der Waals surface area (Å²) in [5.41, 5.74) is 1.27. The molecule has 0 bridgehead atoms. The average molecular weight is 186 g/mol. The lowest BCUT2D eigenvalue weighted by Gasteiger charge is -2.01. The molecule has 0 saturated heterocycles. The highest BCUT2D eigenvalue weighted by Gasteiger charge is 2.10. The summed E-state index contributed by atoms with van der Waals surface area (Å²) in [5.74, 6) is 0.356. The van der Waals surface area contributed by atoms with Crippen LogP contribution in [0.4, 0.5) is 0 Å². The summed E-state index contributed by atoms with van der Waals surface area (Å²) in [5, 5.41) is 0. The first kappa shape index (κ1) is 8.69. The Balaban J connectivity index is 2.58. The summed E-state index contributed by atoms with van der Waals surface area (Å²) >= 11 is 0. The first-order valence-electron chi connectivity index (χ1n) is 4.13. The number of carbonyl (C=O) groups excluding carboxylic acids is 1. The number of carbonyl (C=O) groups is 1. The minimum Gasteiger partial charge on any atom is -0.443 e. The molecule has 1 aromatic carbocycles. The molecule has 0 N–H and O–H groups in total. The van der Waals surface area contributed by atoms with Crippen molar-refractivity contribution in [3.05, 3.63) is 49.3 Å². The molecule has 0 saturated carbocycles. The van der Waals surface area contributed by atoms with E-state index in [4.69, 9.17) is 4.42 Å². The van der Waals surface area contributed by atoms with Gasteiger partial charge in [-0.15, -0.1) is 0 Å². The van der Waals surface area contributed by atoms with Crippen molar-refractivity contribution >= 4 is 5.78 Å². The van der Waals surface area contributed by atoms with Crippen LogP contribution >= 0.6 is 0 Å². The van der Waals surface area contributed by atoms with Gasteiger partial charge in [0, 0.05) is 18.1 Å². The Labute approximate surface area is 81.4 Å². The van der Waals surface area contributed by atoms with Gasteiger partial charge in [0.2, 0.25) is 0 Å². The van der Waals surface area contributed by atoms with Crippen LogP contribution in [0.15, 0.2) is 41.3 Å². The average Bonchev–Trinajstić information content (AvgIpc) is 2.70. The normalized spacial score (nSPS) is 10.1. The third-order valence-electron chi connectivity index (χ3n) is 1.93. The number of hydrogen-bond acceptors (Lipinski definition) is 3. The Hall–Kier alpha value is -1.90. The lowest BCUT2D eigenvalue weighted by molar-refractivity contribution is 0.104. The first-order chi connectivity index (χ1) is 6.79. The van der Waals surface area contributed by atoms with E-state index in [1.807, 2.05) is 6.07 Å². The molecule has 2 rings (SSSR count). The molecule has 0 aliphatic carbocycles. The van der Waals surface area contributed by atoms with Crippen LogP contribution in [-0.4, -0.2) is 10.8 Å². The smallest absolute Gasteiger partial charge is 0.181 e. The summed E-state index contributed by atoms with van der Waals surface area (Å²) in [6.07, 6.45) is 2.90. The summed E-state index contributed by atoms with van der Waals surface area (Å²) in [6, 6.07) is 7.15. The highest BCUT2D eigenvalue weighted by Crippen LogP contribution is 2.22. The van der Waals surface area contributed by atoms with Gasteiger partial charge in [-0.05, 0) is 0 Å². The summed E-state index contributed by atoms with van der Waals surface area (Å²) in [7, 11) is 0. The van der Waals surface area contributed by atoms with Crippen LogP contribution in [0.1, 0.15) is 10.4 Å². The van der Waals surface area contributed by atoms with Crippen LogP contribution in [0.25, 0.3) is 11.3 Å². The van der Waals surface area contributed by atoms with Crippen molar-refractivity contribution in [2.75, 3.05) is 0 Å². The van der Waals surface area contributed by atoms with Crippen molar-refractivity contribution in [1.82, 2.24) is 4.98 Å². The van der Waals surface area contributed by atoms with Gasteiger partial charge in [-0.2, -0.15) is 0 Å². The Morgan fingerprint density at radius 2 is 2.14 bits per heavy atom. The highest BCUT2D eigenvalue weighted by atomic mass is 16.3. The van der Waals surface area contributed by atoms with Crippen LogP contribution in [-0.2, 0) is 0 Å². The third kappa shape index (κ3) is 1.44. The predicted octanol–water partition coefficient (Wildman–Crippen LogP) is 2.36. The fraction of sp³-hybridized carbons (Fsp3) is 0. The van der Waals surface area contributed by atoms with E-state index < -0.39 is 0 Å². The summed E-state index contributed by atoms with van der Waals surface area (Å²) in [4.78, 5) is 15.0. The van der Waals surface area contributed by atoms with Crippen molar-refractivity contribution in [1.29, 1.82) is 0 Å². The minimum atomic E-state index is -0.225. The molecule has 0 unspecified atom stereocenters. The van der Waals surface area contributed by atoms with E-state index in [0.29, 0.717) is 11.3 Å². The second-order valence-electron chi connectivity index (χ2n) is 2.83. The van der Waals surface area contributed by atoms with E-state index in [1.54, 1.807) is 24.4 Å². The van der Waals surface area contributed by atoms with Crippen molar-refractivity contribution < 1.29 is 9.21 Å². The van der Waals surface area contributed by atoms with Crippen molar-refractivity contribution in [2.24, 2.45) is 0 Å². The molecule has 1 aromatic heterocycles. The van der Waals surface area contributed by atoms with Crippen molar-refractivity contribution in [3.63, 3.8) is 0 Å². The van der Waals surface area contributed by atoms with Crippen LogP contribution in [0.5, 0.6) is 0 Å². The molecule has 0 atom stereocenters. The molecule has 69 valence electrons. The van der Waals surface area contributed by atoms with Crippen molar-refractivity contribution in [3.8, 4) is 11.3 Å². The van der Waals surface area contributed by atoms with Crippen LogP contribution in [0.2, 0.25) is 0 Å². The van der Waals surface area contributed by atoms with E-state index in [2.05, 4.69) is 11.9 Å². The maximum absolute atomic E-state index is 11.2. The molecule has 2 aromatic rings. The molecule has 1 heterocycles. The lowest BCUT2D eigenvalue weighted by Crippen LogP contribution is -1.94. The van der Waals surface area contributed by atoms with Gasteiger partial charge in [0.1, 0.15) is 0 Å². The number of nitrogens with zero attached hydrogens (tertiary/aromatic N) is 1. The summed E-state index contributed by atoms with van der Waals surface area (Å²) in [6.45, 7) is 3.38. The molecule has 1 radical (unpaired) electrons. The van der Waals surface area contributed by atoms with Crippen LogP contribution < -0.4 is 0 Å². The Morgan fingerprint density at radius 3 is 2.79 bits per heavy atom. The largest absolute Gasteiger partial charge is 0.443 e. The summed E-state index contributed by atoms with van der Waals surface area (Å²) < 4.78 is 5.12. The van der Waals surface area contributed by atoms with E-state index in [1.165, 1.54) is 6.39 Å². The molecule has 3 nitrogen and oxygen atoms in total. The number of ketones is 1. The van der Waals surface area contributed by atoms with Gasteiger partial charge in [-0.25, -0.2) is 4.98 Å². The monoisotopic (exact) mass is 186 g/mol. The fourth-order valence-corrected chi connectivity index (χ4v) is 1.29. The Bertz CT molecular complexity index is 446. The number of Topliss-reactive ketones (excluding diaryl/α,β-unsaturated/α-hetero) is 1. The van der Waals surface area contributed by atoms with E-state index in [0.717, 1.165) is 5.56 Å². The lowest BCUT2D eigenvalue weighted by atomic mass is 10.0. The molecule has 14 heavy (non-hydrogen) atoms. The zero-order valence-electron chi connectivity index (χ0n) is 7.43. The number of benzene rings is 1. The molecule has 0 spiro atoms.